The van der Waals surface area contributed by atoms with Crippen molar-refractivity contribution in [2.75, 3.05) is 64.3 Å². The molecule has 2 fully saturated rings. The molecule has 3 N–H and O–H groups in total. The minimum Gasteiger partial charge on any atom is -0.490 e. The highest BCUT2D eigenvalue weighted by atomic mass is 35.5. The fourth-order valence-corrected chi connectivity index (χ4v) is 6.39. The predicted octanol–water partition coefficient (Wildman–Crippen LogP) is 6.20. The molecule has 3 heterocycles. The summed E-state index contributed by atoms with van der Waals surface area (Å²) < 4.78 is 11.8. The fraction of sp³-hybridized carbons (Fsp3) is 0.400. The van der Waals surface area contributed by atoms with Gasteiger partial charge in [-0.2, -0.15) is 0 Å². The first-order valence-electron chi connectivity index (χ1n) is 15.6. The quantitative estimate of drug-likeness (QED) is 0.178. The lowest BCUT2D eigenvalue weighted by Gasteiger charge is -2.34. The summed E-state index contributed by atoms with van der Waals surface area (Å²) in [5.41, 5.74) is 4.60. The molecule has 0 amide bonds. The molecule has 1 aromatic heterocycles. The number of piperidine rings is 1. The predicted molar refractivity (Wildman–Crippen MR) is 182 cm³/mol. The van der Waals surface area contributed by atoms with Crippen molar-refractivity contribution in [2.24, 2.45) is 0 Å². The Balaban J connectivity index is 0.00000196. The number of hydrogen-bond acceptors (Lipinski definition) is 7. The Kier molecular flexibility index (Phi) is 12.2. The lowest BCUT2D eigenvalue weighted by Crippen LogP contribution is -2.44. The van der Waals surface area contributed by atoms with E-state index in [1.54, 1.807) is 0 Å². The van der Waals surface area contributed by atoms with Crippen molar-refractivity contribution in [3.8, 4) is 5.75 Å². The number of aliphatic hydroxyl groups is 1. The van der Waals surface area contributed by atoms with E-state index in [2.05, 4.69) is 20.1 Å². The van der Waals surface area contributed by atoms with Crippen LogP contribution in [0.25, 0.3) is 10.9 Å². The highest BCUT2D eigenvalue weighted by molar-refractivity contribution is 6.31. The van der Waals surface area contributed by atoms with Crippen LogP contribution in [-0.4, -0.2) is 91.8 Å². The van der Waals surface area contributed by atoms with Crippen LogP contribution in [0.15, 0.2) is 66.7 Å². The molecule has 0 saturated carbocycles. The largest absolute Gasteiger partial charge is 0.490 e. The first-order valence-corrected chi connectivity index (χ1v) is 16.3. The molecule has 10 heteroatoms. The molecule has 0 bridgehead atoms. The van der Waals surface area contributed by atoms with Crippen LogP contribution in [0.3, 0.4) is 0 Å². The molecular weight excluding hydrogens is 611 g/mol. The topological polar surface area (TPSA) is 90.1 Å². The number of hydrogen-bond donors (Lipinski definition) is 3. The van der Waals surface area contributed by atoms with E-state index in [0.717, 1.165) is 104 Å². The second-order valence-corrected chi connectivity index (χ2v) is 12.3. The number of likely N-dealkylation sites (tertiary alicyclic amines) is 1. The molecule has 240 valence electrons. The zero-order valence-electron chi connectivity index (χ0n) is 25.5. The van der Waals surface area contributed by atoms with E-state index in [4.69, 9.17) is 37.5 Å². The number of aromatic amines is 1. The Morgan fingerprint density at radius 1 is 0.911 bits per heavy atom. The number of aromatic nitrogens is 1. The first kappa shape index (κ1) is 33.3. The molecule has 2 aliphatic heterocycles. The number of H-pyrrole nitrogens is 1. The molecule has 0 spiro atoms. The lowest BCUT2D eigenvalue weighted by atomic mass is 9.99. The van der Waals surface area contributed by atoms with Gasteiger partial charge in [-0.15, -0.1) is 0 Å². The van der Waals surface area contributed by atoms with Crippen molar-refractivity contribution in [1.82, 2.24) is 14.8 Å². The van der Waals surface area contributed by atoms with Crippen LogP contribution in [-0.2, 0) is 16.0 Å². The second kappa shape index (κ2) is 16.5. The molecule has 2 aliphatic rings. The van der Waals surface area contributed by atoms with E-state index in [0.29, 0.717) is 23.0 Å². The zero-order valence-corrected chi connectivity index (χ0v) is 27.0. The van der Waals surface area contributed by atoms with Gasteiger partial charge in [-0.05, 0) is 85.0 Å². The molecule has 4 aromatic rings. The van der Waals surface area contributed by atoms with Crippen molar-refractivity contribution in [1.29, 1.82) is 0 Å². The Hall–Kier alpha value is -3.11. The van der Waals surface area contributed by atoms with Crippen molar-refractivity contribution in [3.05, 3.63) is 93.6 Å². The van der Waals surface area contributed by atoms with Gasteiger partial charge in [0, 0.05) is 72.4 Å². The number of ether oxygens (including phenoxy) is 2. The molecule has 0 aliphatic carbocycles. The van der Waals surface area contributed by atoms with E-state index >= 15 is 0 Å². The number of halogens is 2. The van der Waals surface area contributed by atoms with Crippen molar-refractivity contribution in [3.63, 3.8) is 0 Å². The molecule has 6 rings (SSSR count). The summed E-state index contributed by atoms with van der Waals surface area (Å²) in [4.78, 5) is 16.5. The van der Waals surface area contributed by atoms with Gasteiger partial charge < -0.3 is 34.6 Å². The Morgan fingerprint density at radius 3 is 2.24 bits per heavy atom. The monoisotopic (exact) mass is 652 g/mol. The zero-order chi connectivity index (χ0) is 31.6. The smallest absolute Gasteiger partial charge is 0.119 e. The molecule has 1 atom stereocenters. The van der Waals surface area contributed by atoms with Gasteiger partial charge in [0.25, 0.3) is 0 Å². The first-order chi connectivity index (χ1) is 22.0. The maximum Gasteiger partial charge on any atom is 0.119 e. The average molecular weight is 654 g/mol. The third-order valence-electron chi connectivity index (χ3n) is 8.59. The van der Waals surface area contributed by atoms with Gasteiger partial charge >= 0.3 is 0 Å². The van der Waals surface area contributed by atoms with E-state index in [9.17, 15) is 5.11 Å². The third-order valence-corrected chi connectivity index (χ3v) is 9.08. The van der Waals surface area contributed by atoms with Gasteiger partial charge in [-0.1, -0.05) is 35.3 Å². The van der Waals surface area contributed by atoms with Crippen LogP contribution in [0.2, 0.25) is 10.0 Å². The Bertz CT molecular complexity index is 1480. The van der Waals surface area contributed by atoms with Crippen LogP contribution in [0.5, 0.6) is 5.75 Å². The lowest BCUT2D eigenvalue weighted by molar-refractivity contribution is -0.0980. The van der Waals surface area contributed by atoms with E-state index in [1.165, 1.54) is 0 Å². The van der Waals surface area contributed by atoms with Crippen LogP contribution in [0, 0.1) is 0 Å². The number of carbonyl (C=O) groups excluding carboxylic acids is 1. The normalized spacial score (nSPS) is 17.0. The molecular formula is C35H42Cl2N4O4. The summed E-state index contributed by atoms with van der Waals surface area (Å²) in [5, 5.41) is 17.4. The number of anilines is 1. The standard InChI is InChI=1S/C34H40Cl2N4O3.CH2O/c35-25-3-6-27(7-4-25)37-14-11-30-31-23-26(36)5-10-32(31)38-33(30)34(41)24-1-8-28(9-2-24)43-29-12-15-39(16-13-29)17-18-40-19-21-42-22-20-40;1-2/h1-10,23,29,34,37-38,41H,11-22H2;1H2. The molecule has 2 saturated heterocycles. The number of nitrogens with zero attached hydrogens (tertiary/aromatic N) is 2. The van der Waals surface area contributed by atoms with Gasteiger partial charge in [0.2, 0.25) is 0 Å². The minimum atomic E-state index is -0.805. The molecule has 8 nitrogen and oxygen atoms in total. The van der Waals surface area contributed by atoms with Crippen molar-refractivity contribution < 1.29 is 19.4 Å². The SMILES string of the molecule is C=O.OC(c1ccc(OC2CCN(CCN3CCOCC3)CC2)cc1)c1[nH]c2ccc(Cl)cc2c1CCNc1ccc(Cl)cc1. The summed E-state index contributed by atoms with van der Waals surface area (Å²) >= 11 is 12.4. The average Bonchev–Trinajstić information content (AvgIpc) is 3.44. The Morgan fingerprint density at radius 2 is 1.56 bits per heavy atom. The van der Waals surface area contributed by atoms with Gasteiger partial charge in [0.05, 0.1) is 18.9 Å². The number of fused-ring (bicyclic) bond motifs is 1. The van der Waals surface area contributed by atoms with Crippen molar-refractivity contribution >= 4 is 46.6 Å². The number of aliphatic hydroxyl groups excluding tert-OH is 1. The van der Waals surface area contributed by atoms with E-state index < -0.39 is 6.10 Å². The second-order valence-electron chi connectivity index (χ2n) is 11.5. The summed E-state index contributed by atoms with van der Waals surface area (Å²) in [6.45, 7) is 10.8. The minimum absolute atomic E-state index is 0.216. The number of nitrogens with one attached hydrogen (secondary N) is 2. The molecule has 3 aromatic carbocycles. The maximum absolute atomic E-state index is 11.5. The van der Waals surface area contributed by atoms with Gasteiger partial charge in [0.15, 0.2) is 0 Å². The number of benzene rings is 3. The molecule has 0 radical (unpaired) electrons. The fourth-order valence-electron chi connectivity index (χ4n) is 6.09. The third kappa shape index (κ3) is 9.00. The molecule has 1 unspecified atom stereocenters. The molecule has 45 heavy (non-hydrogen) atoms. The van der Waals surface area contributed by atoms with Crippen molar-refractivity contribution in [2.45, 2.75) is 31.5 Å². The van der Waals surface area contributed by atoms with Crippen LogP contribution < -0.4 is 10.1 Å². The summed E-state index contributed by atoms with van der Waals surface area (Å²) in [6.07, 6.45) is 2.17. The summed E-state index contributed by atoms with van der Waals surface area (Å²) in [6, 6.07) is 21.3. The maximum atomic E-state index is 11.5. The van der Waals surface area contributed by atoms with Gasteiger partial charge in [0.1, 0.15) is 24.7 Å². The van der Waals surface area contributed by atoms with Gasteiger partial charge in [-0.25, -0.2) is 0 Å². The highest BCUT2D eigenvalue weighted by Crippen LogP contribution is 2.33. The number of morpholine rings is 1. The number of rotatable bonds is 11. The highest BCUT2D eigenvalue weighted by Gasteiger charge is 2.23. The summed E-state index contributed by atoms with van der Waals surface area (Å²) in [7, 11) is 0. The Labute approximate surface area is 275 Å². The van der Waals surface area contributed by atoms with Crippen LogP contribution >= 0.6 is 23.2 Å². The number of carbonyl (C=O) groups is 1. The van der Waals surface area contributed by atoms with E-state index in [-0.39, 0.29) is 6.10 Å². The van der Waals surface area contributed by atoms with E-state index in [1.807, 2.05) is 73.5 Å². The van der Waals surface area contributed by atoms with Gasteiger partial charge in [-0.3, -0.25) is 4.90 Å². The summed E-state index contributed by atoms with van der Waals surface area (Å²) in [5.74, 6) is 0.846. The van der Waals surface area contributed by atoms with Crippen LogP contribution in [0.4, 0.5) is 5.69 Å². The van der Waals surface area contributed by atoms with Crippen LogP contribution in [0.1, 0.15) is 35.8 Å².